The Hall–Kier alpha value is -2.60. The molecule has 0 radical (unpaired) electrons. The van der Waals surface area contributed by atoms with Gasteiger partial charge in [0.15, 0.2) is 0 Å². The smallest absolute Gasteiger partial charge is 0.243 e. The van der Waals surface area contributed by atoms with Crippen LogP contribution in [-0.4, -0.2) is 36.3 Å². The third-order valence-corrected chi connectivity index (χ3v) is 7.27. The van der Waals surface area contributed by atoms with Gasteiger partial charge in [0.2, 0.25) is 12.3 Å². The molecule has 0 saturated carbocycles. The molecule has 3 aromatic rings. The lowest BCUT2D eigenvalue weighted by Gasteiger charge is -2.48. The van der Waals surface area contributed by atoms with Crippen LogP contribution in [0.1, 0.15) is 30.0 Å². The number of carbonyl (C=O) groups excluding carboxylic acids is 1. The van der Waals surface area contributed by atoms with Crippen molar-refractivity contribution in [2.24, 2.45) is 0 Å². The summed E-state index contributed by atoms with van der Waals surface area (Å²) in [5, 5.41) is -0.0791. The summed E-state index contributed by atoms with van der Waals surface area (Å²) in [5.74, 6) is 0.0425. The highest BCUT2D eigenvalue weighted by molar-refractivity contribution is 8.01. The molecule has 0 bridgehead atoms. The monoisotopic (exact) mass is 433 g/mol. The van der Waals surface area contributed by atoms with E-state index in [0.717, 1.165) is 0 Å². The molecule has 0 spiro atoms. The molecule has 2 unspecified atom stereocenters. The van der Waals surface area contributed by atoms with Gasteiger partial charge in [-0.15, -0.1) is 11.8 Å². The van der Waals surface area contributed by atoms with Gasteiger partial charge in [-0.3, -0.25) is 9.69 Å². The standard InChI is InChI=1S/C26H27NO3S/c1-3-30-25(29-2)27-23(28)19-24(27)31-26(20-13-7-4-8-14-20,21-15-9-5-10-16-21)22-17-11-6-12-18-22/h4-18,24-25H,3,19H2,1-2H3. The Bertz CT molecular complexity index is 885. The summed E-state index contributed by atoms with van der Waals surface area (Å²) in [7, 11) is 1.58. The highest BCUT2D eigenvalue weighted by atomic mass is 32.2. The zero-order valence-electron chi connectivity index (χ0n) is 17.8. The Kier molecular flexibility index (Phi) is 6.76. The summed E-state index contributed by atoms with van der Waals surface area (Å²) in [6, 6.07) is 31.5. The Labute approximate surface area is 188 Å². The summed E-state index contributed by atoms with van der Waals surface area (Å²) in [6.07, 6.45) is -0.227. The zero-order chi connectivity index (χ0) is 21.7. The minimum Gasteiger partial charge on any atom is -0.338 e. The Morgan fingerprint density at radius 1 is 0.903 bits per heavy atom. The fourth-order valence-corrected chi connectivity index (χ4v) is 5.87. The molecule has 1 saturated heterocycles. The zero-order valence-corrected chi connectivity index (χ0v) is 18.6. The largest absolute Gasteiger partial charge is 0.338 e. The number of ether oxygens (including phenoxy) is 2. The van der Waals surface area contributed by atoms with Crippen molar-refractivity contribution < 1.29 is 14.3 Å². The molecular weight excluding hydrogens is 406 g/mol. The van der Waals surface area contributed by atoms with Gasteiger partial charge >= 0.3 is 0 Å². The second-order valence-corrected chi connectivity index (χ2v) is 8.75. The summed E-state index contributed by atoms with van der Waals surface area (Å²) in [6.45, 7) is 2.38. The molecule has 0 N–H and O–H groups in total. The van der Waals surface area contributed by atoms with E-state index < -0.39 is 11.2 Å². The van der Waals surface area contributed by atoms with Crippen LogP contribution in [0.3, 0.4) is 0 Å². The quantitative estimate of drug-likeness (QED) is 0.263. The highest BCUT2D eigenvalue weighted by Crippen LogP contribution is 2.53. The van der Waals surface area contributed by atoms with Gasteiger partial charge in [0.25, 0.3) is 0 Å². The molecule has 5 heteroatoms. The molecule has 0 aromatic heterocycles. The van der Waals surface area contributed by atoms with E-state index in [1.807, 2.05) is 25.1 Å². The van der Waals surface area contributed by atoms with Crippen molar-refractivity contribution >= 4 is 17.7 Å². The molecule has 2 atom stereocenters. The van der Waals surface area contributed by atoms with Crippen LogP contribution in [-0.2, 0) is 19.0 Å². The van der Waals surface area contributed by atoms with Crippen molar-refractivity contribution in [3.63, 3.8) is 0 Å². The second kappa shape index (κ2) is 9.69. The third kappa shape index (κ3) is 4.13. The number of carbonyl (C=O) groups is 1. The molecular formula is C26H27NO3S. The molecule has 4 rings (SSSR count). The predicted molar refractivity (Wildman–Crippen MR) is 124 cm³/mol. The summed E-state index contributed by atoms with van der Waals surface area (Å²) in [4.78, 5) is 14.3. The van der Waals surface area contributed by atoms with Crippen molar-refractivity contribution in [1.29, 1.82) is 0 Å². The lowest BCUT2D eigenvalue weighted by atomic mass is 9.84. The van der Waals surface area contributed by atoms with Crippen molar-refractivity contribution in [2.45, 2.75) is 29.9 Å². The maximum absolute atomic E-state index is 12.6. The van der Waals surface area contributed by atoms with Crippen LogP contribution in [0.15, 0.2) is 91.0 Å². The summed E-state index contributed by atoms with van der Waals surface area (Å²) < 4.78 is 10.7. The van der Waals surface area contributed by atoms with E-state index in [4.69, 9.17) is 9.47 Å². The van der Waals surface area contributed by atoms with E-state index >= 15 is 0 Å². The molecule has 160 valence electrons. The number of hydrogen-bond acceptors (Lipinski definition) is 4. The minimum absolute atomic E-state index is 0.0425. The first-order chi connectivity index (χ1) is 15.2. The number of hydrogen-bond donors (Lipinski definition) is 0. The van der Waals surface area contributed by atoms with Gasteiger partial charge < -0.3 is 9.47 Å². The first-order valence-corrected chi connectivity index (χ1v) is 11.4. The normalized spacial score (nSPS) is 17.3. The number of amides is 1. The predicted octanol–water partition coefficient (Wildman–Crippen LogP) is 5.24. The van der Waals surface area contributed by atoms with Crippen LogP contribution in [0.25, 0.3) is 0 Å². The van der Waals surface area contributed by atoms with Crippen molar-refractivity contribution in [3.05, 3.63) is 108 Å². The minimum atomic E-state index is -0.677. The first-order valence-electron chi connectivity index (χ1n) is 10.5. The van der Waals surface area contributed by atoms with Crippen LogP contribution in [0.5, 0.6) is 0 Å². The molecule has 1 aliphatic heterocycles. The second-order valence-electron chi connectivity index (χ2n) is 7.35. The van der Waals surface area contributed by atoms with Gasteiger partial charge in [-0.2, -0.15) is 0 Å². The van der Waals surface area contributed by atoms with Gasteiger partial charge in [-0.05, 0) is 23.6 Å². The van der Waals surface area contributed by atoms with E-state index in [1.54, 1.807) is 23.8 Å². The third-order valence-electron chi connectivity index (χ3n) is 5.54. The average molecular weight is 434 g/mol. The highest BCUT2D eigenvalue weighted by Gasteiger charge is 2.49. The molecule has 1 fully saturated rings. The summed E-state index contributed by atoms with van der Waals surface area (Å²) in [5.41, 5.74) is 3.51. The Balaban J connectivity index is 1.84. The molecule has 3 aromatic carbocycles. The lowest BCUT2D eigenvalue weighted by Crippen LogP contribution is -2.58. The lowest BCUT2D eigenvalue weighted by molar-refractivity contribution is -0.227. The summed E-state index contributed by atoms with van der Waals surface area (Å²) >= 11 is 1.76. The Morgan fingerprint density at radius 3 is 1.71 bits per heavy atom. The van der Waals surface area contributed by atoms with Gasteiger partial charge in [-0.1, -0.05) is 91.0 Å². The van der Waals surface area contributed by atoms with Gasteiger partial charge in [0.05, 0.1) is 16.5 Å². The molecule has 31 heavy (non-hydrogen) atoms. The van der Waals surface area contributed by atoms with Gasteiger partial charge in [-0.25, -0.2) is 0 Å². The molecule has 1 amide bonds. The van der Waals surface area contributed by atoms with Crippen LogP contribution in [0.2, 0.25) is 0 Å². The van der Waals surface area contributed by atoms with E-state index in [1.165, 1.54) is 16.7 Å². The number of nitrogens with zero attached hydrogens (tertiary/aromatic N) is 1. The number of likely N-dealkylation sites (tertiary alicyclic amines) is 1. The topological polar surface area (TPSA) is 38.8 Å². The van der Waals surface area contributed by atoms with Crippen molar-refractivity contribution in [1.82, 2.24) is 4.90 Å². The van der Waals surface area contributed by atoms with E-state index in [-0.39, 0.29) is 11.3 Å². The Morgan fingerprint density at radius 2 is 1.35 bits per heavy atom. The van der Waals surface area contributed by atoms with Gasteiger partial charge in [0.1, 0.15) is 0 Å². The number of methoxy groups -OCH3 is 1. The SMILES string of the molecule is CCOC(OC)N1C(=O)CC1SC(c1ccccc1)(c1ccccc1)c1ccccc1. The fourth-order valence-electron chi connectivity index (χ4n) is 4.08. The fraction of sp³-hybridized carbons (Fsp3) is 0.269. The molecule has 1 aliphatic rings. The van der Waals surface area contributed by atoms with Crippen LogP contribution < -0.4 is 0 Å². The number of benzene rings is 3. The van der Waals surface area contributed by atoms with Gasteiger partial charge in [0, 0.05) is 13.7 Å². The first kappa shape index (κ1) is 21.6. The van der Waals surface area contributed by atoms with Crippen molar-refractivity contribution in [2.75, 3.05) is 13.7 Å². The number of rotatable bonds is 9. The number of thioether (sulfide) groups is 1. The maximum atomic E-state index is 12.6. The van der Waals surface area contributed by atoms with E-state index in [9.17, 15) is 4.79 Å². The molecule has 0 aliphatic carbocycles. The van der Waals surface area contributed by atoms with E-state index in [2.05, 4.69) is 72.8 Å². The average Bonchev–Trinajstić information content (AvgIpc) is 2.83. The van der Waals surface area contributed by atoms with Crippen LogP contribution in [0, 0.1) is 0 Å². The maximum Gasteiger partial charge on any atom is 0.243 e. The van der Waals surface area contributed by atoms with Crippen LogP contribution >= 0.6 is 11.8 Å². The number of β-lactam (4-membered cyclic amide) rings is 1. The molecule has 1 heterocycles. The molecule has 4 nitrogen and oxygen atoms in total. The van der Waals surface area contributed by atoms with Crippen molar-refractivity contribution in [3.8, 4) is 0 Å². The van der Waals surface area contributed by atoms with E-state index in [0.29, 0.717) is 13.0 Å². The van der Waals surface area contributed by atoms with Crippen LogP contribution in [0.4, 0.5) is 0 Å².